The first-order valence-corrected chi connectivity index (χ1v) is 6.83. The zero-order valence-electron chi connectivity index (χ0n) is 11.8. The molecule has 1 aliphatic rings. The van der Waals surface area contributed by atoms with E-state index < -0.39 is 42.3 Å². The first kappa shape index (κ1) is 15.6. The van der Waals surface area contributed by atoms with Crippen molar-refractivity contribution in [3.05, 3.63) is 44.5 Å². The second-order valence-corrected chi connectivity index (χ2v) is 5.16. The molecule has 2 aromatic rings. The molecule has 23 heavy (non-hydrogen) atoms. The van der Waals surface area contributed by atoms with E-state index >= 15 is 0 Å². The second kappa shape index (κ2) is 6.04. The summed E-state index contributed by atoms with van der Waals surface area (Å²) in [5.74, 6) is 0. The zero-order chi connectivity index (χ0) is 16.6. The normalized spacial score (nSPS) is 27.4. The van der Waals surface area contributed by atoms with Gasteiger partial charge in [-0.15, -0.1) is 5.10 Å². The lowest BCUT2D eigenvalue weighted by atomic mass is 10.0. The molecule has 0 amide bonds. The van der Waals surface area contributed by atoms with Crippen LogP contribution in [0, 0.1) is 0 Å². The number of hydrogen-bond acceptors (Lipinski definition) is 8. The smallest absolute Gasteiger partial charge is 0.325 e. The SMILES string of the molecule is O=c1[nH]c(Cn2ccnn2)c([C@@H]2O[C@H](CO)C(O)[C@@H]2O)c(=O)[nH]1. The van der Waals surface area contributed by atoms with Crippen molar-refractivity contribution >= 4 is 0 Å². The maximum atomic E-state index is 12.2. The third kappa shape index (κ3) is 2.82. The summed E-state index contributed by atoms with van der Waals surface area (Å²) in [6, 6.07) is 0. The standard InChI is InChI=1S/C12H15N5O6/c18-4-6-8(19)9(20)10(23-6)7-5(3-17-2-1-13-16-17)14-12(22)15-11(7)21/h1-2,6,8-10,18-20H,3-4H2,(H2,14,15,21,22)/t6-,8?,9+,10+/m1/s1. The van der Waals surface area contributed by atoms with E-state index in [1.165, 1.54) is 17.1 Å². The van der Waals surface area contributed by atoms with E-state index in [0.29, 0.717) is 0 Å². The molecule has 1 saturated heterocycles. The number of aliphatic hydroxyl groups is 3. The quantitative estimate of drug-likeness (QED) is 0.393. The van der Waals surface area contributed by atoms with Crippen molar-refractivity contribution in [2.45, 2.75) is 31.0 Å². The fraction of sp³-hybridized carbons (Fsp3) is 0.500. The molecule has 4 atom stereocenters. The van der Waals surface area contributed by atoms with Crippen molar-refractivity contribution in [1.29, 1.82) is 0 Å². The summed E-state index contributed by atoms with van der Waals surface area (Å²) >= 11 is 0. The number of H-pyrrole nitrogens is 2. The lowest BCUT2D eigenvalue weighted by molar-refractivity contribution is -0.0235. The number of nitrogens with zero attached hydrogens (tertiary/aromatic N) is 3. The van der Waals surface area contributed by atoms with E-state index in [1.54, 1.807) is 0 Å². The van der Waals surface area contributed by atoms with Crippen LogP contribution in [0.2, 0.25) is 0 Å². The number of ether oxygens (including phenoxy) is 1. The van der Waals surface area contributed by atoms with Gasteiger partial charge in [0, 0.05) is 6.20 Å². The minimum Gasteiger partial charge on any atom is -0.394 e. The molecule has 0 radical (unpaired) electrons. The molecule has 0 saturated carbocycles. The molecule has 0 aromatic carbocycles. The Hall–Kier alpha value is -2.34. The Balaban J connectivity index is 2.04. The molecule has 2 aromatic heterocycles. The minimum absolute atomic E-state index is 0.0148. The first-order chi connectivity index (χ1) is 11.0. The van der Waals surface area contributed by atoms with E-state index in [9.17, 15) is 19.8 Å². The minimum atomic E-state index is -1.42. The van der Waals surface area contributed by atoms with Crippen LogP contribution in [0.3, 0.4) is 0 Å². The molecule has 11 heteroatoms. The van der Waals surface area contributed by atoms with Crippen molar-refractivity contribution in [3.63, 3.8) is 0 Å². The summed E-state index contributed by atoms with van der Waals surface area (Å²) in [6.45, 7) is -0.505. The molecule has 3 rings (SSSR count). The number of aromatic nitrogens is 5. The van der Waals surface area contributed by atoms with Crippen LogP contribution in [0.25, 0.3) is 0 Å². The summed E-state index contributed by atoms with van der Waals surface area (Å²) in [5.41, 5.74) is -1.35. The van der Waals surface area contributed by atoms with Crippen LogP contribution in [-0.2, 0) is 11.3 Å². The lowest BCUT2D eigenvalue weighted by Crippen LogP contribution is -2.35. The van der Waals surface area contributed by atoms with Crippen LogP contribution in [0.1, 0.15) is 17.4 Å². The lowest BCUT2D eigenvalue weighted by Gasteiger charge is -2.17. The summed E-state index contributed by atoms with van der Waals surface area (Å²) in [6.07, 6.45) is -2.04. The van der Waals surface area contributed by atoms with Crippen LogP contribution in [-0.4, -0.2) is 65.2 Å². The van der Waals surface area contributed by atoms with Gasteiger partial charge in [0.15, 0.2) is 0 Å². The number of nitrogens with one attached hydrogen (secondary N) is 2. The Morgan fingerprint density at radius 2 is 2.04 bits per heavy atom. The van der Waals surface area contributed by atoms with Gasteiger partial charge in [0.25, 0.3) is 5.56 Å². The second-order valence-electron chi connectivity index (χ2n) is 5.16. The van der Waals surface area contributed by atoms with Crippen LogP contribution in [0.4, 0.5) is 0 Å². The highest BCUT2D eigenvalue weighted by atomic mass is 16.6. The van der Waals surface area contributed by atoms with Crippen LogP contribution < -0.4 is 11.2 Å². The Bertz CT molecular complexity index is 784. The topological polar surface area (TPSA) is 166 Å². The first-order valence-electron chi connectivity index (χ1n) is 6.83. The third-order valence-electron chi connectivity index (χ3n) is 3.68. The van der Waals surface area contributed by atoms with Crippen LogP contribution in [0.5, 0.6) is 0 Å². The molecule has 3 heterocycles. The van der Waals surface area contributed by atoms with Gasteiger partial charge in [-0.3, -0.25) is 9.78 Å². The van der Waals surface area contributed by atoms with E-state index in [4.69, 9.17) is 9.84 Å². The summed E-state index contributed by atoms with van der Waals surface area (Å²) < 4.78 is 6.73. The highest BCUT2D eigenvalue weighted by Crippen LogP contribution is 2.32. The van der Waals surface area contributed by atoms with Crippen LogP contribution >= 0.6 is 0 Å². The molecule has 0 bridgehead atoms. The molecule has 1 unspecified atom stereocenters. The van der Waals surface area contributed by atoms with E-state index in [2.05, 4.69) is 20.3 Å². The Morgan fingerprint density at radius 1 is 1.26 bits per heavy atom. The Morgan fingerprint density at radius 3 is 2.65 bits per heavy atom. The van der Waals surface area contributed by atoms with E-state index in [1.807, 2.05) is 0 Å². The molecule has 1 fully saturated rings. The predicted molar refractivity (Wildman–Crippen MR) is 73.5 cm³/mol. The third-order valence-corrected chi connectivity index (χ3v) is 3.68. The summed E-state index contributed by atoms with van der Waals surface area (Å²) in [4.78, 5) is 28.2. The average molecular weight is 325 g/mol. The van der Waals surface area contributed by atoms with Gasteiger partial charge in [0.05, 0.1) is 30.6 Å². The zero-order valence-corrected chi connectivity index (χ0v) is 11.8. The van der Waals surface area contributed by atoms with E-state index in [-0.39, 0.29) is 17.8 Å². The largest absolute Gasteiger partial charge is 0.394 e. The molecule has 5 N–H and O–H groups in total. The average Bonchev–Trinajstić information content (AvgIpc) is 3.10. The van der Waals surface area contributed by atoms with Crippen molar-refractivity contribution in [3.8, 4) is 0 Å². The van der Waals surface area contributed by atoms with Gasteiger partial charge in [0.2, 0.25) is 0 Å². The number of aliphatic hydroxyl groups excluding tert-OH is 3. The Labute approximate surface area is 128 Å². The summed E-state index contributed by atoms with van der Waals surface area (Å²) in [5, 5.41) is 36.4. The fourth-order valence-corrected chi connectivity index (χ4v) is 2.59. The Kier molecular flexibility index (Phi) is 4.09. The molecule has 0 aliphatic carbocycles. The van der Waals surface area contributed by atoms with Gasteiger partial charge in [-0.05, 0) is 0 Å². The maximum Gasteiger partial charge on any atom is 0.325 e. The molecule has 0 spiro atoms. The highest BCUT2D eigenvalue weighted by Gasteiger charge is 2.45. The molecular weight excluding hydrogens is 310 g/mol. The van der Waals surface area contributed by atoms with Gasteiger partial charge >= 0.3 is 5.69 Å². The molecular formula is C12H15N5O6. The van der Waals surface area contributed by atoms with Gasteiger partial charge in [-0.1, -0.05) is 5.21 Å². The van der Waals surface area contributed by atoms with Gasteiger partial charge in [-0.25, -0.2) is 9.48 Å². The van der Waals surface area contributed by atoms with E-state index in [0.717, 1.165) is 0 Å². The van der Waals surface area contributed by atoms with Crippen LogP contribution in [0.15, 0.2) is 22.0 Å². The number of rotatable bonds is 4. The fourth-order valence-electron chi connectivity index (χ4n) is 2.59. The number of hydrogen-bond donors (Lipinski definition) is 5. The van der Waals surface area contributed by atoms with Gasteiger partial charge < -0.3 is 25.0 Å². The highest BCUT2D eigenvalue weighted by molar-refractivity contribution is 5.23. The van der Waals surface area contributed by atoms with Gasteiger partial charge in [-0.2, -0.15) is 0 Å². The van der Waals surface area contributed by atoms with Crippen molar-refractivity contribution in [2.24, 2.45) is 0 Å². The molecule has 124 valence electrons. The summed E-state index contributed by atoms with van der Waals surface area (Å²) in [7, 11) is 0. The van der Waals surface area contributed by atoms with Crippen molar-refractivity contribution in [1.82, 2.24) is 25.0 Å². The molecule has 11 nitrogen and oxygen atoms in total. The van der Waals surface area contributed by atoms with Crippen molar-refractivity contribution in [2.75, 3.05) is 6.61 Å². The monoisotopic (exact) mass is 325 g/mol. The molecule has 1 aliphatic heterocycles. The predicted octanol–water partition coefficient (Wildman–Crippen LogP) is -3.14. The van der Waals surface area contributed by atoms with Crippen molar-refractivity contribution < 1.29 is 20.1 Å². The number of aromatic amines is 2. The maximum absolute atomic E-state index is 12.2. The van der Waals surface area contributed by atoms with Gasteiger partial charge in [0.1, 0.15) is 24.4 Å².